The van der Waals surface area contributed by atoms with E-state index in [1.165, 1.54) is 6.26 Å². The lowest BCUT2D eigenvalue weighted by Gasteiger charge is -2.17. The van der Waals surface area contributed by atoms with Gasteiger partial charge in [-0.15, -0.1) is 0 Å². The molecule has 0 aromatic heterocycles. The minimum absolute atomic E-state index is 0.0212. The quantitative estimate of drug-likeness (QED) is 0.764. The summed E-state index contributed by atoms with van der Waals surface area (Å²) in [5, 5.41) is 13.0. The monoisotopic (exact) mass is 315 g/mol. The Kier molecular flexibility index (Phi) is 6.64. The zero-order valence-electron chi connectivity index (χ0n) is 13.1. The Hall–Kier alpha value is -1.11. The predicted molar refractivity (Wildman–Crippen MR) is 85.3 cm³/mol. The zero-order valence-corrected chi connectivity index (χ0v) is 13.9. The van der Waals surface area contributed by atoms with Crippen molar-refractivity contribution >= 4 is 15.5 Å². The number of sulfone groups is 1. The van der Waals surface area contributed by atoms with E-state index in [0.29, 0.717) is 6.54 Å². The van der Waals surface area contributed by atoms with Crippen molar-refractivity contribution in [3.05, 3.63) is 29.3 Å². The smallest absolute Gasteiger partial charge is 0.151 e. The van der Waals surface area contributed by atoms with Gasteiger partial charge in [0.2, 0.25) is 0 Å². The van der Waals surface area contributed by atoms with Gasteiger partial charge in [-0.2, -0.15) is 0 Å². The standard InChI is InChI=1S/C15H25NO4S/c1-11(2)20-9-14(17)8-16-15-7-5-6-13(12(15)3)10-21(4,18)19/h5-7,11,14,16-17H,8-10H2,1-4H3/t14-/m0/s1. The van der Waals surface area contributed by atoms with Gasteiger partial charge in [-0.3, -0.25) is 0 Å². The van der Waals surface area contributed by atoms with Crippen LogP contribution < -0.4 is 5.32 Å². The average molecular weight is 315 g/mol. The molecule has 5 nitrogen and oxygen atoms in total. The van der Waals surface area contributed by atoms with Crippen LogP contribution in [0.3, 0.4) is 0 Å². The van der Waals surface area contributed by atoms with Gasteiger partial charge in [0.1, 0.15) is 0 Å². The first-order chi connectivity index (χ1) is 9.69. The first kappa shape index (κ1) is 17.9. The molecule has 0 bridgehead atoms. The van der Waals surface area contributed by atoms with Crippen molar-refractivity contribution in [2.24, 2.45) is 0 Å². The van der Waals surface area contributed by atoms with Gasteiger partial charge in [0, 0.05) is 18.5 Å². The Morgan fingerprint density at radius 1 is 1.33 bits per heavy atom. The average Bonchev–Trinajstić information content (AvgIpc) is 2.36. The molecule has 0 fully saturated rings. The molecule has 0 heterocycles. The number of hydrogen-bond donors (Lipinski definition) is 2. The van der Waals surface area contributed by atoms with Gasteiger partial charge in [0.25, 0.3) is 0 Å². The molecule has 21 heavy (non-hydrogen) atoms. The number of aliphatic hydroxyl groups is 1. The van der Waals surface area contributed by atoms with E-state index in [2.05, 4.69) is 5.32 Å². The van der Waals surface area contributed by atoms with E-state index in [1.54, 1.807) is 6.07 Å². The van der Waals surface area contributed by atoms with Crippen molar-refractivity contribution in [3.63, 3.8) is 0 Å². The molecule has 0 unspecified atom stereocenters. The summed E-state index contributed by atoms with van der Waals surface area (Å²) in [4.78, 5) is 0. The van der Waals surface area contributed by atoms with E-state index in [0.717, 1.165) is 16.8 Å². The van der Waals surface area contributed by atoms with Crippen LogP contribution in [0.15, 0.2) is 18.2 Å². The number of aliphatic hydroxyl groups excluding tert-OH is 1. The van der Waals surface area contributed by atoms with Crippen LogP contribution in [0.5, 0.6) is 0 Å². The number of nitrogens with one attached hydrogen (secondary N) is 1. The maximum Gasteiger partial charge on any atom is 0.151 e. The van der Waals surface area contributed by atoms with Gasteiger partial charge in [0.05, 0.1) is 24.6 Å². The molecular weight excluding hydrogens is 290 g/mol. The summed E-state index contributed by atoms with van der Waals surface area (Å²) < 4.78 is 28.1. The number of hydrogen-bond acceptors (Lipinski definition) is 5. The topological polar surface area (TPSA) is 75.6 Å². The Morgan fingerprint density at radius 3 is 2.57 bits per heavy atom. The number of rotatable bonds is 8. The molecule has 0 saturated carbocycles. The van der Waals surface area contributed by atoms with Gasteiger partial charge in [-0.25, -0.2) is 8.42 Å². The second-order valence-corrected chi connectivity index (χ2v) is 7.72. The zero-order chi connectivity index (χ0) is 16.0. The van der Waals surface area contributed by atoms with Crippen molar-refractivity contribution in [2.45, 2.75) is 38.7 Å². The fourth-order valence-electron chi connectivity index (χ4n) is 1.90. The Labute approximate surface area is 127 Å². The van der Waals surface area contributed by atoms with Crippen molar-refractivity contribution in [3.8, 4) is 0 Å². The largest absolute Gasteiger partial charge is 0.389 e. The summed E-state index contributed by atoms with van der Waals surface area (Å²) in [5.74, 6) is 0.0212. The molecule has 1 rings (SSSR count). The van der Waals surface area contributed by atoms with Gasteiger partial charge in [0.15, 0.2) is 9.84 Å². The van der Waals surface area contributed by atoms with Crippen LogP contribution in [0, 0.1) is 6.92 Å². The number of ether oxygens (including phenoxy) is 1. The van der Waals surface area contributed by atoms with Crippen LogP contribution in [0.1, 0.15) is 25.0 Å². The summed E-state index contributed by atoms with van der Waals surface area (Å²) in [6.45, 7) is 6.33. The summed E-state index contributed by atoms with van der Waals surface area (Å²) in [6, 6.07) is 5.49. The van der Waals surface area contributed by atoms with Crippen LogP contribution in [-0.2, 0) is 20.3 Å². The molecule has 1 aromatic rings. The first-order valence-electron chi connectivity index (χ1n) is 6.99. The molecule has 0 radical (unpaired) electrons. The summed E-state index contributed by atoms with van der Waals surface area (Å²) in [7, 11) is -3.06. The molecule has 1 aromatic carbocycles. The third-order valence-electron chi connectivity index (χ3n) is 3.01. The summed E-state index contributed by atoms with van der Waals surface area (Å²) in [5.41, 5.74) is 2.50. The van der Waals surface area contributed by atoms with E-state index >= 15 is 0 Å². The van der Waals surface area contributed by atoms with Gasteiger partial charge < -0.3 is 15.2 Å². The fraction of sp³-hybridized carbons (Fsp3) is 0.600. The lowest BCUT2D eigenvalue weighted by molar-refractivity contribution is 0.0112. The van der Waals surface area contributed by atoms with E-state index in [9.17, 15) is 13.5 Å². The SMILES string of the molecule is Cc1c(CS(C)(=O)=O)cccc1NC[C@H](O)COC(C)C. The van der Waals surface area contributed by atoms with E-state index in [-0.39, 0.29) is 18.5 Å². The molecule has 120 valence electrons. The molecule has 0 amide bonds. The molecule has 0 aliphatic carbocycles. The van der Waals surface area contributed by atoms with Crippen molar-refractivity contribution in [2.75, 3.05) is 24.7 Å². The lowest BCUT2D eigenvalue weighted by atomic mass is 10.1. The summed E-state index contributed by atoms with van der Waals surface area (Å²) >= 11 is 0. The maximum atomic E-state index is 11.4. The fourth-order valence-corrected chi connectivity index (χ4v) is 2.78. The van der Waals surface area contributed by atoms with Crippen molar-refractivity contribution < 1.29 is 18.3 Å². The van der Waals surface area contributed by atoms with Crippen LogP contribution in [0.2, 0.25) is 0 Å². The van der Waals surface area contributed by atoms with Gasteiger partial charge in [-0.05, 0) is 38.0 Å². The second kappa shape index (κ2) is 7.77. The third kappa shape index (κ3) is 6.93. The van der Waals surface area contributed by atoms with Gasteiger partial charge >= 0.3 is 0 Å². The van der Waals surface area contributed by atoms with E-state index < -0.39 is 15.9 Å². The van der Waals surface area contributed by atoms with Crippen molar-refractivity contribution in [1.82, 2.24) is 0 Å². The molecule has 0 saturated heterocycles. The number of benzene rings is 1. The summed E-state index contributed by atoms with van der Waals surface area (Å²) in [6.07, 6.45) is 0.698. The van der Waals surface area contributed by atoms with Crippen LogP contribution in [0.4, 0.5) is 5.69 Å². The highest BCUT2D eigenvalue weighted by Gasteiger charge is 2.11. The van der Waals surface area contributed by atoms with E-state index in [1.807, 2.05) is 32.9 Å². The normalized spacial score (nSPS) is 13.4. The van der Waals surface area contributed by atoms with Crippen LogP contribution in [0.25, 0.3) is 0 Å². The highest BCUT2D eigenvalue weighted by Crippen LogP contribution is 2.20. The molecule has 0 spiro atoms. The molecule has 6 heteroatoms. The molecule has 2 N–H and O–H groups in total. The minimum Gasteiger partial charge on any atom is -0.389 e. The molecule has 0 aliphatic heterocycles. The number of anilines is 1. The Bertz CT molecular complexity index is 555. The second-order valence-electron chi connectivity index (χ2n) is 5.58. The molecular formula is C15H25NO4S. The minimum atomic E-state index is -3.06. The highest BCUT2D eigenvalue weighted by atomic mass is 32.2. The first-order valence-corrected chi connectivity index (χ1v) is 9.05. The third-order valence-corrected chi connectivity index (χ3v) is 3.85. The molecule has 1 atom stereocenters. The Balaban J connectivity index is 2.66. The van der Waals surface area contributed by atoms with Crippen LogP contribution >= 0.6 is 0 Å². The lowest BCUT2D eigenvalue weighted by Crippen LogP contribution is -2.26. The molecule has 0 aliphatic rings. The maximum absolute atomic E-state index is 11.4. The van der Waals surface area contributed by atoms with Gasteiger partial charge in [-0.1, -0.05) is 12.1 Å². The van der Waals surface area contributed by atoms with Crippen molar-refractivity contribution in [1.29, 1.82) is 0 Å². The van der Waals surface area contributed by atoms with Crippen LogP contribution in [-0.4, -0.2) is 45.1 Å². The Morgan fingerprint density at radius 2 is 2.00 bits per heavy atom. The highest BCUT2D eigenvalue weighted by molar-refractivity contribution is 7.89. The predicted octanol–water partition coefficient (Wildman–Crippen LogP) is 1.74. The van der Waals surface area contributed by atoms with E-state index in [4.69, 9.17) is 4.74 Å².